The Labute approximate surface area is 101 Å². The molecule has 2 aromatic rings. The minimum Gasteiger partial charge on any atom is -0.308 e. The molecule has 17 heavy (non-hydrogen) atoms. The molecule has 2 rings (SSSR count). The molecular formula is C12H19N5. The molecule has 5 nitrogen and oxygen atoms in total. The fourth-order valence-electron chi connectivity index (χ4n) is 1.77. The first kappa shape index (κ1) is 11.9. The van der Waals surface area contributed by atoms with Crippen LogP contribution in [0.4, 0.5) is 0 Å². The average Bonchev–Trinajstić information content (AvgIpc) is 2.79. The molecule has 0 atom stereocenters. The van der Waals surface area contributed by atoms with Gasteiger partial charge in [0.2, 0.25) is 0 Å². The van der Waals surface area contributed by atoms with Gasteiger partial charge in [0.15, 0.2) is 0 Å². The van der Waals surface area contributed by atoms with Gasteiger partial charge in [0.05, 0.1) is 12.4 Å². The summed E-state index contributed by atoms with van der Waals surface area (Å²) >= 11 is 0. The molecule has 0 saturated carbocycles. The molecule has 0 fully saturated rings. The first-order chi connectivity index (χ1) is 8.09. The summed E-state index contributed by atoms with van der Waals surface area (Å²) in [6, 6.07) is 0. The number of nitrogens with one attached hydrogen (secondary N) is 1. The summed E-state index contributed by atoms with van der Waals surface area (Å²) in [5.74, 6) is 0. The highest BCUT2D eigenvalue weighted by molar-refractivity contribution is 5.17. The highest BCUT2D eigenvalue weighted by atomic mass is 15.3. The zero-order valence-corrected chi connectivity index (χ0v) is 10.9. The van der Waals surface area contributed by atoms with Gasteiger partial charge in [0, 0.05) is 49.7 Å². The second-order valence-electron chi connectivity index (χ2n) is 4.36. The molecule has 92 valence electrons. The fraction of sp³-hybridized carbons (Fsp3) is 0.500. The molecule has 0 saturated heterocycles. The van der Waals surface area contributed by atoms with Crippen LogP contribution in [0.3, 0.4) is 0 Å². The van der Waals surface area contributed by atoms with Gasteiger partial charge >= 0.3 is 0 Å². The topological polar surface area (TPSA) is 47.7 Å². The third kappa shape index (κ3) is 2.39. The number of aromatic nitrogens is 4. The van der Waals surface area contributed by atoms with Crippen LogP contribution >= 0.6 is 0 Å². The molecule has 0 aliphatic heterocycles. The largest absolute Gasteiger partial charge is 0.308 e. The van der Waals surface area contributed by atoms with E-state index in [-0.39, 0.29) is 0 Å². The summed E-state index contributed by atoms with van der Waals surface area (Å²) in [6.45, 7) is 5.85. The number of rotatable bonds is 4. The van der Waals surface area contributed by atoms with Gasteiger partial charge in [-0.2, -0.15) is 10.2 Å². The lowest BCUT2D eigenvalue weighted by Crippen LogP contribution is -2.13. The van der Waals surface area contributed by atoms with Crippen LogP contribution < -0.4 is 5.32 Å². The highest BCUT2D eigenvalue weighted by Gasteiger charge is 2.05. The fourth-order valence-corrected chi connectivity index (χ4v) is 1.77. The van der Waals surface area contributed by atoms with Crippen LogP contribution in [-0.4, -0.2) is 19.6 Å². The Morgan fingerprint density at radius 1 is 0.941 bits per heavy atom. The molecule has 2 heterocycles. The Morgan fingerprint density at radius 2 is 1.35 bits per heavy atom. The minimum atomic E-state index is 0.841. The Bertz CT molecular complexity index is 463. The van der Waals surface area contributed by atoms with Crippen LogP contribution in [0.2, 0.25) is 0 Å². The van der Waals surface area contributed by atoms with Crippen LogP contribution in [0.25, 0.3) is 0 Å². The first-order valence-electron chi connectivity index (χ1n) is 5.75. The van der Waals surface area contributed by atoms with E-state index in [1.807, 2.05) is 35.9 Å². The lowest BCUT2D eigenvalue weighted by atomic mass is 10.2. The van der Waals surface area contributed by atoms with E-state index < -0.39 is 0 Å². The Balaban J connectivity index is 1.92. The Morgan fingerprint density at radius 3 is 1.65 bits per heavy atom. The molecule has 0 bridgehead atoms. The molecule has 0 unspecified atom stereocenters. The van der Waals surface area contributed by atoms with Crippen molar-refractivity contribution in [3.05, 3.63) is 34.9 Å². The number of hydrogen-bond donors (Lipinski definition) is 1. The van der Waals surface area contributed by atoms with E-state index in [9.17, 15) is 0 Å². The zero-order valence-electron chi connectivity index (χ0n) is 10.9. The molecule has 0 aromatic carbocycles. The van der Waals surface area contributed by atoms with E-state index in [4.69, 9.17) is 0 Å². The lowest BCUT2D eigenvalue weighted by molar-refractivity contribution is 0.678. The van der Waals surface area contributed by atoms with E-state index in [0.717, 1.165) is 13.1 Å². The van der Waals surface area contributed by atoms with Crippen molar-refractivity contribution in [3.8, 4) is 0 Å². The zero-order chi connectivity index (χ0) is 12.4. The SMILES string of the molecule is Cc1c(CNCc2cnn(C)c2C)cnn1C. The van der Waals surface area contributed by atoms with E-state index in [2.05, 4.69) is 29.4 Å². The second-order valence-corrected chi connectivity index (χ2v) is 4.36. The molecule has 2 aromatic heterocycles. The maximum Gasteiger partial charge on any atom is 0.0537 e. The highest BCUT2D eigenvalue weighted by Crippen LogP contribution is 2.07. The maximum atomic E-state index is 4.22. The van der Waals surface area contributed by atoms with E-state index in [1.54, 1.807) is 0 Å². The first-order valence-corrected chi connectivity index (χ1v) is 5.75. The van der Waals surface area contributed by atoms with Gasteiger partial charge in [-0.05, 0) is 13.8 Å². The standard InChI is InChI=1S/C12H19N5/c1-9-11(7-14-16(9)3)5-13-6-12-8-15-17(4)10(12)2/h7-8,13H,5-6H2,1-4H3. The molecule has 0 spiro atoms. The summed E-state index contributed by atoms with van der Waals surface area (Å²) in [7, 11) is 3.92. The summed E-state index contributed by atoms with van der Waals surface area (Å²) in [4.78, 5) is 0. The molecule has 1 N–H and O–H groups in total. The average molecular weight is 233 g/mol. The summed E-state index contributed by atoms with van der Waals surface area (Å²) in [5, 5.41) is 11.9. The Kier molecular flexibility index (Phi) is 3.28. The molecule has 0 aliphatic rings. The smallest absolute Gasteiger partial charge is 0.0537 e. The van der Waals surface area contributed by atoms with Crippen molar-refractivity contribution >= 4 is 0 Å². The predicted octanol–water partition coefficient (Wildman–Crippen LogP) is 1.06. The van der Waals surface area contributed by atoms with Crippen LogP contribution in [0, 0.1) is 13.8 Å². The second kappa shape index (κ2) is 4.71. The predicted molar refractivity (Wildman–Crippen MR) is 66.4 cm³/mol. The van der Waals surface area contributed by atoms with E-state index in [0.29, 0.717) is 0 Å². The van der Waals surface area contributed by atoms with Crippen LogP contribution in [0.5, 0.6) is 0 Å². The van der Waals surface area contributed by atoms with Crippen LogP contribution in [0.1, 0.15) is 22.5 Å². The molecule has 0 aliphatic carbocycles. The maximum absolute atomic E-state index is 4.22. The molecule has 0 radical (unpaired) electrons. The van der Waals surface area contributed by atoms with Gasteiger partial charge < -0.3 is 5.32 Å². The van der Waals surface area contributed by atoms with E-state index in [1.165, 1.54) is 22.5 Å². The quantitative estimate of drug-likeness (QED) is 0.859. The minimum absolute atomic E-state index is 0.841. The monoisotopic (exact) mass is 233 g/mol. The number of aryl methyl sites for hydroxylation is 2. The number of hydrogen-bond acceptors (Lipinski definition) is 3. The summed E-state index contributed by atoms with van der Waals surface area (Å²) in [6.07, 6.45) is 3.83. The van der Waals surface area contributed by atoms with Crippen LogP contribution in [0.15, 0.2) is 12.4 Å². The summed E-state index contributed by atoms with van der Waals surface area (Å²) in [5.41, 5.74) is 4.91. The van der Waals surface area contributed by atoms with Crippen molar-refractivity contribution in [1.29, 1.82) is 0 Å². The molecule has 5 heteroatoms. The van der Waals surface area contributed by atoms with Crippen molar-refractivity contribution in [1.82, 2.24) is 24.9 Å². The lowest BCUT2D eigenvalue weighted by Gasteiger charge is -2.04. The van der Waals surface area contributed by atoms with Crippen molar-refractivity contribution in [2.24, 2.45) is 14.1 Å². The van der Waals surface area contributed by atoms with Crippen molar-refractivity contribution < 1.29 is 0 Å². The third-order valence-corrected chi connectivity index (χ3v) is 3.30. The van der Waals surface area contributed by atoms with Crippen molar-refractivity contribution in [2.45, 2.75) is 26.9 Å². The number of nitrogens with zero attached hydrogens (tertiary/aromatic N) is 4. The van der Waals surface area contributed by atoms with Gasteiger partial charge in [0.25, 0.3) is 0 Å². The molecule has 0 amide bonds. The van der Waals surface area contributed by atoms with Crippen molar-refractivity contribution in [2.75, 3.05) is 0 Å². The van der Waals surface area contributed by atoms with Gasteiger partial charge in [0.1, 0.15) is 0 Å². The van der Waals surface area contributed by atoms with E-state index >= 15 is 0 Å². The van der Waals surface area contributed by atoms with Gasteiger partial charge in [-0.25, -0.2) is 0 Å². The normalized spacial score (nSPS) is 11.1. The Hall–Kier alpha value is -1.62. The van der Waals surface area contributed by atoms with Crippen LogP contribution in [-0.2, 0) is 27.2 Å². The van der Waals surface area contributed by atoms with Gasteiger partial charge in [-0.1, -0.05) is 0 Å². The van der Waals surface area contributed by atoms with Gasteiger partial charge in [-0.3, -0.25) is 9.36 Å². The third-order valence-electron chi connectivity index (χ3n) is 3.30. The summed E-state index contributed by atoms with van der Waals surface area (Å²) < 4.78 is 3.79. The van der Waals surface area contributed by atoms with Crippen molar-refractivity contribution in [3.63, 3.8) is 0 Å². The van der Waals surface area contributed by atoms with Gasteiger partial charge in [-0.15, -0.1) is 0 Å². The molecular weight excluding hydrogens is 214 g/mol.